The van der Waals surface area contributed by atoms with Crippen LogP contribution < -0.4 is 4.74 Å². The SMILES string of the molecule is COc1cc(C(=O)N2C[C@H](c3cnccn3)C[C@@]2(CC(C)C)C(=O)O)ccc1C(C)(C)C. The fraction of sp³-hybridized carbons (Fsp3) is 0.520. The third-order valence-electron chi connectivity index (χ3n) is 6.15. The summed E-state index contributed by atoms with van der Waals surface area (Å²) in [4.78, 5) is 36.4. The molecule has 7 heteroatoms. The molecule has 0 saturated carbocycles. The number of carbonyl (C=O) groups excluding carboxylic acids is 1. The fourth-order valence-corrected chi connectivity index (χ4v) is 4.73. The van der Waals surface area contributed by atoms with Crippen molar-refractivity contribution in [3.63, 3.8) is 0 Å². The van der Waals surface area contributed by atoms with Crippen molar-refractivity contribution in [2.45, 2.75) is 64.3 Å². The van der Waals surface area contributed by atoms with Gasteiger partial charge in [0.15, 0.2) is 0 Å². The van der Waals surface area contributed by atoms with Gasteiger partial charge in [0, 0.05) is 36.6 Å². The monoisotopic (exact) mass is 439 g/mol. The molecule has 0 spiro atoms. The molecule has 1 fully saturated rings. The van der Waals surface area contributed by atoms with Gasteiger partial charge in [0.2, 0.25) is 0 Å². The van der Waals surface area contributed by atoms with Gasteiger partial charge in [0.1, 0.15) is 11.3 Å². The molecule has 172 valence electrons. The Balaban J connectivity index is 2.05. The number of hydrogen-bond acceptors (Lipinski definition) is 5. The van der Waals surface area contributed by atoms with E-state index in [1.807, 2.05) is 19.9 Å². The smallest absolute Gasteiger partial charge is 0.329 e. The lowest BCUT2D eigenvalue weighted by molar-refractivity contribution is -0.149. The number of benzene rings is 1. The van der Waals surface area contributed by atoms with Crippen LogP contribution in [0.15, 0.2) is 36.8 Å². The van der Waals surface area contributed by atoms with Crippen molar-refractivity contribution in [1.29, 1.82) is 0 Å². The Hall–Kier alpha value is -2.96. The average molecular weight is 440 g/mol. The number of hydrogen-bond donors (Lipinski definition) is 1. The number of rotatable bonds is 6. The lowest BCUT2D eigenvalue weighted by Gasteiger charge is -2.36. The van der Waals surface area contributed by atoms with Gasteiger partial charge in [0.05, 0.1) is 12.8 Å². The maximum absolute atomic E-state index is 13.7. The van der Waals surface area contributed by atoms with Crippen molar-refractivity contribution in [2.24, 2.45) is 5.92 Å². The highest BCUT2D eigenvalue weighted by molar-refractivity contribution is 5.99. The summed E-state index contributed by atoms with van der Waals surface area (Å²) in [6.45, 7) is 10.5. The summed E-state index contributed by atoms with van der Waals surface area (Å²) in [7, 11) is 1.58. The van der Waals surface area contributed by atoms with Crippen molar-refractivity contribution in [3.05, 3.63) is 53.6 Å². The zero-order chi connectivity index (χ0) is 23.7. The average Bonchev–Trinajstić information content (AvgIpc) is 3.12. The summed E-state index contributed by atoms with van der Waals surface area (Å²) in [5.41, 5.74) is 0.660. The first-order valence-electron chi connectivity index (χ1n) is 11.0. The van der Waals surface area contributed by atoms with Crippen LogP contribution in [0.2, 0.25) is 0 Å². The molecular weight excluding hydrogens is 406 g/mol. The van der Waals surface area contributed by atoms with Crippen molar-refractivity contribution in [1.82, 2.24) is 14.9 Å². The Labute approximate surface area is 189 Å². The van der Waals surface area contributed by atoms with Gasteiger partial charge in [-0.3, -0.25) is 14.8 Å². The Kier molecular flexibility index (Phi) is 6.58. The first-order valence-corrected chi connectivity index (χ1v) is 11.0. The van der Waals surface area contributed by atoms with Crippen LogP contribution in [0.25, 0.3) is 0 Å². The van der Waals surface area contributed by atoms with Crippen LogP contribution >= 0.6 is 0 Å². The van der Waals surface area contributed by atoms with Crippen molar-refractivity contribution in [3.8, 4) is 5.75 Å². The highest BCUT2D eigenvalue weighted by Crippen LogP contribution is 2.43. The summed E-state index contributed by atoms with van der Waals surface area (Å²) >= 11 is 0. The van der Waals surface area contributed by atoms with Gasteiger partial charge in [0.25, 0.3) is 5.91 Å². The topological polar surface area (TPSA) is 92.6 Å². The molecule has 0 radical (unpaired) electrons. The molecule has 3 rings (SSSR count). The van der Waals surface area contributed by atoms with Crippen molar-refractivity contribution < 1.29 is 19.4 Å². The maximum Gasteiger partial charge on any atom is 0.329 e. The zero-order valence-electron chi connectivity index (χ0n) is 19.8. The third kappa shape index (κ3) is 4.47. The molecular formula is C25H33N3O4. The van der Waals surface area contributed by atoms with E-state index in [9.17, 15) is 14.7 Å². The van der Waals surface area contributed by atoms with Crippen molar-refractivity contribution in [2.75, 3.05) is 13.7 Å². The minimum absolute atomic E-state index is 0.0970. The van der Waals surface area contributed by atoms with Crippen LogP contribution in [0.4, 0.5) is 0 Å². The normalized spacial score (nSPS) is 21.1. The molecule has 2 atom stereocenters. The van der Waals surface area contributed by atoms with Crippen molar-refractivity contribution >= 4 is 11.9 Å². The molecule has 0 aliphatic carbocycles. The quantitative estimate of drug-likeness (QED) is 0.722. The summed E-state index contributed by atoms with van der Waals surface area (Å²) in [5.74, 6) is -0.765. The standard InChI is InChI=1S/C25H33N3O4/c1-16(2)12-25(23(30)31)13-18(20-14-26-9-10-27-20)15-28(25)22(29)17-7-8-19(24(3,4)5)21(11-17)32-6/h7-11,14,16,18H,12-13,15H2,1-6H3,(H,30,31)/t18-,25+/m1/s1. The first-order chi connectivity index (χ1) is 15.0. The Morgan fingerprint density at radius 2 is 2.00 bits per heavy atom. The summed E-state index contributed by atoms with van der Waals surface area (Å²) in [6, 6.07) is 5.39. The van der Waals surface area contributed by atoms with Crippen LogP contribution in [-0.2, 0) is 10.2 Å². The van der Waals surface area contributed by atoms with E-state index in [1.165, 1.54) is 4.90 Å². The molecule has 1 aromatic heterocycles. The highest BCUT2D eigenvalue weighted by atomic mass is 16.5. The van der Waals surface area contributed by atoms with Gasteiger partial charge < -0.3 is 14.7 Å². The van der Waals surface area contributed by atoms with Crippen LogP contribution in [0.1, 0.15) is 75.0 Å². The lowest BCUT2D eigenvalue weighted by Crippen LogP contribution is -2.53. The Morgan fingerprint density at radius 1 is 1.28 bits per heavy atom. The second-order valence-electron chi connectivity index (χ2n) is 10.0. The van der Waals surface area contributed by atoms with Gasteiger partial charge in [-0.15, -0.1) is 0 Å². The van der Waals surface area contributed by atoms with E-state index in [2.05, 4.69) is 30.7 Å². The summed E-state index contributed by atoms with van der Waals surface area (Å²) < 4.78 is 5.57. The lowest BCUT2D eigenvalue weighted by atomic mass is 9.83. The molecule has 0 bridgehead atoms. The minimum atomic E-state index is -1.30. The number of amides is 1. The van der Waals surface area contributed by atoms with Gasteiger partial charge in [-0.1, -0.05) is 40.7 Å². The third-order valence-corrected chi connectivity index (χ3v) is 6.15. The largest absolute Gasteiger partial charge is 0.496 e. The van der Waals surface area contributed by atoms with E-state index in [-0.39, 0.29) is 29.7 Å². The predicted octanol–water partition coefficient (Wildman–Crippen LogP) is 4.28. The van der Waals surface area contributed by atoms with Crippen LogP contribution in [0.3, 0.4) is 0 Å². The van der Waals surface area contributed by atoms with E-state index in [4.69, 9.17) is 4.74 Å². The molecule has 0 unspecified atom stereocenters. The van der Waals surface area contributed by atoms with E-state index < -0.39 is 11.5 Å². The first kappa shape index (κ1) is 23.7. The maximum atomic E-state index is 13.7. The second kappa shape index (κ2) is 8.88. The molecule has 2 aromatic rings. The number of carboxylic acid groups (broad SMARTS) is 1. The van der Waals surface area contributed by atoms with E-state index in [0.717, 1.165) is 5.56 Å². The number of carbonyl (C=O) groups is 2. The van der Waals surface area contributed by atoms with Crippen LogP contribution in [0, 0.1) is 5.92 Å². The van der Waals surface area contributed by atoms with E-state index >= 15 is 0 Å². The molecule has 2 heterocycles. The molecule has 1 aliphatic rings. The Bertz CT molecular complexity index is 984. The van der Waals surface area contributed by atoms with E-state index in [1.54, 1.807) is 37.8 Å². The summed E-state index contributed by atoms with van der Waals surface area (Å²) in [5, 5.41) is 10.3. The number of aliphatic carboxylic acids is 1. The molecule has 1 saturated heterocycles. The number of carboxylic acids is 1. The van der Waals surface area contributed by atoms with Gasteiger partial charge in [-0.2, -0.15) is 0 Å². The van der Waals surface area contributed by atoms with E-state index in [0.29, 0.717) is 29.8 Å². The molecule has 1 N–H and O–H groups in total. The van der Waals surface area contributed by atoms with Crippen LogP contribution in [-0.4, -0.2) is 51.0 Å². The molecule has 1 aromatic carbocycles. The number of nitrogens with zero attached hydrogens (tertiary/aromatic N) is 3. The second-order valence-corrected chi connectivity index (χ2v) is 10.0. The fourth-order valence-electron chi connectivity index (χ4n) is 4.73. The number of ether oxygens (including phenoxy) is 1. The minimum Gasteiger partial charge on any atom is -0.496 e. The number of likely N-dealkylation sites (tertiary alicyclic amines) is 1. The van der Waals surface area contributed by atoms with Gasteiger partial charge in [-0.05, 0) is 41.9 Å². The summed E-state index contributed by atoms with van der Waals surface area (Å²) in [6.07, 6.45) is 5.51. The molecule has 1 amide bonds. The van der Waals surface area contributed by atoms with Gasteiger partial charge in [-0.25, -0.2) is 4.79 Å². The zero-order valence-corrected chi connectivity index (χ0v) is 19.8. The molecule has 32 heavy (non-hydrogen) atoms. The molecule has 1 aliphatic heterocycles. The highest BCUT2D eigenvalue weighted by Gasteiger charge is 2.54. The number of aromatic nitrogens is 2. The number of methoxy groups -OCH3 is 1. The predicted molar refractivity (Wildman–Crippen MR) is 122 cm³/mol. The van der Waals surface area contributed by atoms with Gasteiger partial charge >= 0.3 is 5.97 Å². The Morgan fingerprint density at radius 3 is 2.53 bits per heavy atom. The molecule has 7 nitrogen and oxygen atoms in total. The van der Waals surface area contributed by atoms with Crippen LogP contribution in [0.5, 0.6) is 5.75 Å².